The molecule has 1 unspecified atom stereocenters. The predicted molar refractivity (Wildman–Crippen MR) is 77.7 cm³/mol. The highest BCUT2D eigenvalue weighted by atomic mass is 16.4. The number of carbonyl (C=O) groups is 2. The van der Waals surface area contributed by atoms with Gasteiger partial charge in [-0.15, -0.1) is 0 Å². The molecule has 2 N–H and O–H groups in total. The van der Waals surface area contributed by atoms with Gasteiger partial charge < -0.3 is 15.3 Å². The molecular formula is C14H27N3O3. The molecular weight excluding hydrogens is 258 g/mol. The number of aliphatic carboxylic acids is 1. The highest BCUT2D eigenvalue weighted by Crippen LogP contribution is 2.06. The lowest BCUT2D eigenvalue weighted by molar-refractivity contribution is -0.137. The molecule has 0 aromatic heterocycles. The first-order valence-electron chi connectivity index (χ1n) is 7.42. The van der Waals surface area contributed by atoms with Gasteiger partial charge in [0.05, 0.1) is 6.42 Å². The number of nitrogens with zero attached hydrogens (tertiary/aromatic N) is 2. The Morgan fingerprint density at radius 2 is 1.80 bits per heavy atom. The molecule has 1 saturated heterocycles. The Morgan fingerprint density at radius 1 is 1.20 bits per heavy atom. The summed E-state index contributed by atoms with van der Waals surface area (Å²) in [6, 6.07) is -0.420. The van der Waals surface area contributed by atoms with Gasteiger partial charge >= 0.3 is 12.0 Å². The van der Waals surface area contributed by atoms with E-state index in [1.807, 2.05) is 6.92 Å². The lowest BCUT2D eigenvalue weighted by atomic mass is 10.1. The SMILES string of the molecule is CCC(CC(=O)O)NC(=O)N1CCN(CC(C)C)CC1. The Morgan fingerprint density at radius 3 is 2.25 bits per heavy atom. The fourth-order valence-electron chi connectivity index (χ4n) is 2.42. The van der Waals surface area contributed by atoms with Crippen molar-refractivity contribution in [3.8, 4) is 0 Å². The lowest BCUT2D eigenvalue weighted by Crippen LogP contribution is -2.54. The Bertz CT molecular complexity index is 326. The van der Waals surface area contributed by atoms with Crippen LogP contribution >= 0.6 is 0 Å². The number of nitrogens with one attached hydrogen (secondary N) is 1. The first-order valence-corrected chi connectivity index (χ1v) is 7.42. The van der Waals surface area contributed by atoms with Crippen LogP contribution in [0.2, 0.25) is 0 Å². The third kappa shape index (κ3) is 5.77. The Hall–Kier alpha value is -1.30. The fraction of sp³-hybridized carbons (Fsp3) is 0.857. The molecule has 6 nitrogen and oxygen atoms in total. The smallest absolute Gasteiger partial charge is 0.317 e. The van der Waals surface area contributed by atoms with Crippen LogP contribution in [0.1, 0.15) is 33.6 Å². The molecule has 1 fully saturated rings. The van der Waals surface area contributed by atoms with Gasteiger partial charge in [0.15, 0.2) is 0 Å². The molecule has 0 aromatic carbocycles. The average Bonchev–Trinajstić information content (AvgIpc) is 2.37. The minimum atomic E-state index is -0.876. The molecule has 20 heavy (non-hydrogen) atoms. The van der Waals surface area contributed by atoms with Gasteiger partial charge in [-0.3, -0.25) is 9.69 Å². The van der Waals surface area contributed by atoms with Crippen molar-refractivity contribution in [2.75, 3.05) is 32.7 Å². The van der Waals surface area contributed by atoms with E-state index in [-0.39, 0.29) is 18.5 Å². The Balaban J connectivity index is 2.36. The van der Waals surface area contributed by atoms with Crippen molar-refractivity contribution in [3.63, 3.8) is 0 Å². The standard InChI is InChI=1S/C14H27N3O3/c1-4-12(9-13(18)19)15-14(20)17-7-5-16(6-8-17)10-11(2)3/h11-12H,4-10H2,1-3H3,(H,15,20)(H,18,19). The topological polar surface area (TPSA) is 72.9 Å². The summed E-state index contributed by atoms with van der Waals surface area (Å²) < 4.78 is 0. The summed E-state index contributed by atoms with van der Waals surface area (Å²) in [6.45, 7) is 10.5. The van der Waals surface area contributed by atoms with Gasteiger partial charge in [0, 0.05) is 38.8 Å². The van der Waals surface area contributed by atoms with E-state index in [0.717, 1.165) is 19.6 Å². The first kappa shape index (κ1) is 16.8. The van der Waals surface area contributed by atoms with E-state index >= 15 is 0 Å². The number of carboxylic acids is 1. The van der Waals surface area contributed by atoms with Crippen molar-refractivity contribution in [1.82, 2.24) is 15.1 Å². The second-order valence-electron chi connectivity index (χ2n) is 5.83. The second kappa shape index (κ2) is 8.09. The molecule has 116 valence electrons. The lowest BCUT2D eigenvalue weighted by Gasteiger charge is -2.36. The zero-order valence-electron chi connectivity index (χ0n) is 12.8. The molecule has 1 heterocycles. The average molecular weight is 285 g/mol. The summed E-state index contributed by atoms with van der Waals surface area (Å²) in [7, 11) is 0. The normalized spacial score (nSPS) is 18.1. The number of amides is 2. The number of rotatable bonds is 6. The van der Waals surface area contributed by atoms with E-state index in [4.69, 9.17) is 5.11 Å². The fourth-order valence-corrected chi connectivity index (χ4v) is 2.42. The maximum atomic E-state index is 12.1. The first-order chi connectivity index (χ1) is 9.42. The van der Waals surface area contributed by atoms with Crippen molar-refractivity contribution in [2.24, 2.45) is 5.92 Å². The van der Waals surface area contributed by atoms with Crippen LogP contribution in [0.3, 0.4) is 0 Å². The van der Waals surface area contributed by atoms with Crippen molar-refractivity contribution < 1.29 is 14.7 Å². The van der Waals surface area contributed by atoms with Crippen LogP contribution in [0.4, 0.5) is 4.79 Å². The number of hydrogen-bond donors (Lipinski definition) is 2. The summed E-state index contributed by atoms with van der Waals surface area (Å²) in [5.41, 5.74) is 0. The van der Waals surface area contributed by atoms with Gasteiger partial charge in [0.25, 0.3) is 0 Å². The number of carboxylic acid groups (broad SMARTS) is 1. The third-order valence-corrected chi connectivity index (χ3v) is 3.52. The molecule has 0 saturated carbocycles. The van der Waals surface area contributed by atoms with E-state index in [2.05, 4.69) is 24.1 Å². The quantitative estimate of drug-likeness (QED) is 0.769. The largest absolute Gasteiger partial charge is 0.481 e. The summed E-state index contributed by atoms with van der Waals surface area (Å²) in [5, 5.41) is 11.6. The number of hydrogen-bond acceptors (Lipinski definition) is 3. The van der Waals surface area contributed by atoms with E-state index in [1.54, 1.807) is 4.90 Å². The molecule has 0 aromatic rings. The van der Waals surface area contributed by atoms with E-state index in [9.17, 15) is 9.59 Å². The van der Waals surface area contributed by atoms with E-state index < -0.39 is 5.97 Å². The van der Waals surface area contributed by atoms with Crippen molar-refractivity contribution in [2.45, 2.75) is 39.7 Å². The maximum absolute atomic E-state index is 12.1. The van der Waals surface area contributed by atoms with Gasteiger partial charge in [0.1, 0.15) is 0 Å². The minimum absolute atomic E-state index is 0.0183. The van der Waals surface area contributed by atoms with Crippen molar-refractivity contribution in [3.05, 3.63) is 0 Å². The van der Waals surface area contributed by atoms with Crippen LogP contribution < -0.4 is 5.32 Å². The molecule has 1 aliphatic rings. The van der Waals surface area contributed by atoms with E-state index in [0.29, 0.717) is 25.4 Å². The molecule has 0 spiro atoms. The highest BCUT2D eigenvalue weighted by Gasteiger charge is 2.23. The van der Waals surface area contributed by atoms with Crippen LogP contribution in [0, 0.1) is 5.92 Å². The molecule has 1 rings (SSSR count). The molecule has 2 amide bonds. The molecule has 0 bridgehead atoms. The van der Waals surface area contributed by atoms with E-state index in [1.165, 1.54) is 0 Å². The zero-order chi connectivity index (χ0) is 15.1. The van der Waals surface area contributed by atoms with Crippen LogP contribution in [-0.2, 0) is 4.79 Å². The molecule has 0 aliphatic carbocycles. The van der Waals surface area contributed by atoms with Gasteiger partial charge in [0.2, 0.25) is 0 Å². The Kier molecular flexibility index (Phi) is 6.78. The number of piperazine rings is 1. The number of carbonyl (C=O) groups excluding carboxylic acids is 1. The van der Waals surface area contributed by atoms with Gasteiger partial charge in [-0.05, 0) is 12.3 Å². The van der Waals surface area contributed by atoms with Crippen LogP contribution in [0.25, 0.3) is 0 Å². The second-order valence-corrected chi connectivity index (χ2v) is 5.83. The molecule has 0 radical (unpaired) electrons. The number of urea groups is 1. The molecule has 1 aliphatic heterocycles. The predicted octanol–water partition coefficient (Wildman–Crippen LogP) is 1.22. The van der Waals surface area contributed by atoms with Crippen molar-refractivity contribution >= 4 is 12.0 Å². The highest BCUT2D eigenvalue weighted by molar-refractivity contribution is 5.76. The van der Waals surface area contributed by atoms with Gasteiger partial charge in [-0.1, -0.05) is 20.8 Å². The summed E-state index contributed by atoms with van der Waals surface area (Å²) in [5.74, 6) is -0.241. The zero-order valence-corrected chi connectivity index (χ0v) is 12.8. The molecule has 1 atom stereocenters. The maximum Gasteiger partial charge on any atom is 0.317 e. The third-order valence-electron chi connectivity index (χ3n) is 3.52. The summed E-state index contributed by atoms with van der Waals surface area (Å²) >= 11 is 0. The summed E-state index contributed by atoms with van der Waals surface area (Å²) in [6.07, 6.45) is 0.612. The Labute approximate surface area is 121 Å². The van der Waals surface area contributed by atoms with Crippen LogP contribution in [-0.4, -0.2) is 65.7 Å². The molecule has 6 heteroatoms. The van der Waals surface area contributed by atoms with Crippen LogP contribution in [0.5, 0.6) is 0 Å². The summed E-state index contributed by atoms with van der Waals surface area (Å²) in [4.78, 5) is 26.9. The van der Waals surface area contributed by atoms with Crippen LogP contribution in [0.15, 0.2) is 0 Å². The minimum Gasteiger partial charge on any atom is -0.481 e. The monoisotopic (exact) mass is 285 g/mol. The van der Waals surface area contributed by atoms with Gasteiger partial charge in [-0.25, -0.2) is 4.79 Å². The van der Waals surface area contributed by atoms with Crippen molar-refractivity contribution in [1.29, 1.82) is 0 Å². The van der Waals surface area contributed by atoms with Gasteiger partial charge in [-0.2, -0.15) is 0 Å².